The second kappa shape index (κ2) is 10.1. The van der Waals surface area contributed by atoms with E-state index in [1.54, 1.807) is 42.5 Å². The Bertz CT molecular complexity index is 1170. The number of unbranched alkanes of at least 4 members (excludes halogenated alkanes) is 1. The molecule has 8 heteroatoms. The summed E-state index contributed by atoms with van der Waals surface area (Å²) in [5.41, 5.74) is 1.43. The third-order valence-corrected chi connectivity index (χ3v) is 7.17. The Morgan fingerprint density at radius 2 is 1.74 bits per heavy atom. The highest BCUT2D eigenvalue weighted by atomic mass is 32.2. The molecular formula is C23H24N2O4S2. The summed E-state index contributed by atoms with van der Waals surface area (Å²) in [4.78, 5) is 14.1. The topological polar surface area (TPSA) is 112 Å². The van der Waals surface area contributed by atoms with Crippen molar-refractivity contribution in [2.24, 2.45) is 5.14 Å². The number of anilines is 1. The minimum absolute atomic E-state index is 0.102. The molecule has 162 valence electrons. The third-order valence-electron chi connectivity index (χ3n) is 4.70. The molecule has 0 radical (unpaired) electrons. The van der Waals surface area contributed by atoms with Crippen LogP contribution in [0.25, 0.3) is 0 Å². The van der Waals surface area contributed by atoms with Gasteiger partial charge >= 0.3 is 0 Å². The molecule has 0 bridgehead atoms. The van der Waals surface area contributed by atoms with Gasteiger partial charge in [-0.15, -0.1) is 0 Å². The first-order valence-corrected chi connectivity index (χ1v) is 12.5. The molecule has 0 aliphatic carbocycles. The van der Waals surface area contributed by atoms with Gasteiger partial charge in [-0.05, 0) is 49.2 Å². The predicted octanol–water partition coefficient (Wildman–Crippen LogP) is 4.10. The van der Waals surface area contributed by atoms with E-state index in [4.69, 9.17) is 5.14 Å². The summed E-state index contributed by atoms with van der Waals surface area (Å²) in [5, 5.41) is 7.89. The lowest BCUT2D eigenvalue weighted by Gasteiger charge is -2.17. The lowest BCUT2D eigenvalue weighted by molar-refractivity contribution is 0.102. The number of amides is 1. The van der Waals surface area contributed by atoms with Crippen LogP contribution in [0.5, 0.6) is 0 Å². The zero-order valence-electron chi connectivity index (χ0n) is 17.1. The van der Waals surface area contributed by atoms with Crippen molar-refractivity contribution in [2.45, 2.75) is 40.9 Å². The van der Waals surface area contributed by atoms with Crippen LogP contribution in [0.4, 0.5) is 5.69 Å². The van der Waals surface area contributed by atoms with Crippen LogP contribution in [0.1, 0.15) is 35.7 Å². The van der Waals surface area contributed by atoms with Crippen LogP contribution >= 0.6 is 0 Å². The van der Waals surface area contributed by atoms with E-state index in [1.165, 1.54) is 18.2 Å². The van der Waals surface area contributed by atoms with Crippen LogP contribution in [0.2, 0.25) is 0 Å². The summed E-state index contributed by atoms with van der Waals surface area (Å²) in [6.45, 7) is 2.07. The summed E-state index contributed by atoms with van der Waals surface area (Å²) in [6.07, 6.45) is 2.57. The monoisotopic (exact) mass is 456 g/mol. The first-order valence-electron chi connectivity index (χ1n) is 9.84. The summed E-state index contributed by atoms with van der Waals surface area (Å²) in [7, 11) is -3.90. The zero-order valence-corrected chi connectivity index (χ0v) is 18.7. The number of rotatable bonds is 8. The highest BCUT2D eigenvalue weighted by Gasteiger charge is 2.27. The SMILES string of the molecule is CCCCc1cccc(C(=O)Nc2cccc(S(N)(=O)=O)c2)c1[S+]([O-])c1ccccc1. The minimum atomic E-state index is -3.90. The van der Waals surface area contributed by atoms with Crippen molar-refractivity contribution in [3.8, 4) is 0 Å². The number of carbonyl (C=O) groups is 1. The zero-order chi connectivity index (χ0) is 22.4. The summed E-state index contributed by atoms with van der Waals surface area (Å²) in [6, 6.07) is 20.0. The van der Waals surface area contributed by atoms with Crippen molar-refractivity contribution in [1.82, 2.24) is 0 Å². The lowest BCUT2D eigenvalue weighted by atomic mass is 10.0. The van der Waals surface area contributed by atoms with Crippen LogP contribution < -0.4 is 10.5 Å². The fraction of sp³-hybridized carbons (Fsp3) is 0.174. The molecule has 0 saturated heterocycles. The van der Waals surface area contributed by atoms with E-state index in [0.717, 1.165) is 18.4 Å². The Kier molecular flexibility index (Phi) is 7.50. The number of aryl methyl sites for hydroxylation is 1. The molecule has 0 aliphatic heterocycles. The summed E-state index contributed by atoms with van der Waals surface area (Å²) >= 11 is -1.55. The fourth-order valence-electron chi connectivity index (χ4n) is 3.16. The predicted molar refractivity (Wildman–Crippen MR) is 122 cm³/mol. The molecule has 1 unspecified atom stereocenters. The van der Waals surface area contributed by atoms with Gasteiger partial charge in [-0.3, -0.25) is 4.79 Å². The molecule has 3 rings (SSSR count). The van der Waals surface area contributed by atoms with Gasteiger partial charge in [-0.25, -0.2) is 13.6 Å². The Balaban J connectivity index is 2.01. The van der Waals surface area contributed by atoms with E-state index in [0.29, 0.717) is 16.2 Å². The molecule has 3 aromatic carbocycles. The Hall–Kier alpha value is -2.65. The lowest BCUT2D eigenvalue weighted by Crippen LogP contribution is -2.19. The molecule has 3 aromatic rings. The van der Waals surface area contributed by atoms with E-state index in [2.05, 4.69) is 12.2 Å². The molecule has 0 aromatic heterocycles. The molecule has 1 amide bonds. The van der Waals surface area contributed by atoms with Crippen molar-refractivity contribution in [1.29, 1.82) is 0 Å². The molecule has 0 spiro atoms. The second-order valence-electron chi connectivity index (χ2n) is 7.01. The number of nitrogens with one attached hydrogen (secondary N) is 1. The third kappa shape index (κ3) is 5.74. The van der Waals surface area contributed by atoms with Gasteiger partial charge in [0.05, 0.1) is 10.5 Å². The molecule has 6 nitrogen and oxygen atoms in total. The smallest absolute Gasteiger partial charge is 0.260 e. The Labute approximate surface area is 185 Å². The number of nitrogens with two attached hydrogens (primary N) is 1. The first kappa shape index (κ1) is 23.0. The molecule has 0 fully saturated rings. The van der Waals surface area contributed by atoms with Crippen molar-refractivity contribution in [2.75, 3.05) is 5.32 Å². The van der Waals surface area contributed by atoms with Crippen molar-refractivity contribution in [3.63, 3.8) is 0 Å². The molecule has 3 N–H and O–H groups in total. The molecule has 0 saturated carbocycles. The molecule has 0 heterocycles. The normalized spacial score (nSPS) is 12.4. The number of carbonyl (C=O) groups excluding carboxylic acids is 1. The number of hydrogen-bond donors (Lipinski definition) is 2. The van der Waals surface area contributed by atoms with E-state index in [9.17, 15) is 17.8 Å². The number of hydrogen-bond acceptors (Lipinski definition) is 4. The van der Waals surface area contributed by atoms with Gasteiger partial charge in [-0.1, -0.05) is 49.7 Å². The number of sulfonamides is 1. The van der Waals surface area contributed by atoms with Crippen LogP contribution in [-0.2, 0) is 27.6 Å². The van der Waals surface area contributed by atoms with Gasteiger partial charge in [0.1, 0.15) is 0 Å². The van der Waals surface area contributed by atoms with Gasteiger partial charge < -0.3 is 9.87 Å². The standard InChI is InChI=1S/C23H24N2O4S2/c1-2-3-9-17-10-7-15-21(22(17)30(27)19-12-5-4-6-13-19)23(26)25-18-11-8-14-20(16-18)31(24,28)29/h4-8,10-16H,2-3,9H2,1H3,(H,25,26)(H2,24,28,29). The van der Waals surface area contributed by atoms with E-state index < -0.39 is 27.1 Å². The highest BCUT2D eigenvalue weighted by molar-refractivity contribution is 7.91. The molecule has 1 atom stereocenters. The number of primary sulfonamides is 1. The van der Waals surface area contributed by atoms with Crippen LogP contribution in [0.3, 0.4) is 0 Å². The van der Waals surface area contributed by atoms with Crippen molar-refractivity contribution < 1.29 is 17.8 Å². The summed E-state index contributed by atoms with van der Waals surface area (Å²) in [5.74, 6) is -0.468. The maximum absolute atomic E-state index is 13.4. The Morgan fingerprint density at radius 3 is 2.42 bits per heavy atom. The second-order valence-corrected chi connectivity index (χ2v) is 9.98. The first-order chi connectivity index (χ1) is 14.8. The van der Waals surface area contributed by atoms with Gasteiger partial charge in [0, 0.05) is 22.4 Å². The number of benzene rings is 3. The van der Waals surface area contributed by atoms with Gasteiger partial charge in [-0.2, -0.15) is 0 Å². The minimum Gasteiger partial charge on any atom is -0.606 e. The van der Waals surface area contributed by atoms with E-state index in [1.807, 2.05) is 12.1 Å². The highest BCUT2D eigenvalue weighted by Crippen LogP contribution is 2.29. The fourth-order valence-corrected chi connectivity index (χ4v) is 5.13. The van der Waals surface area contributed by atoms with E-state index >= 15 is 0 Å². The quantitative estimate of drug-likeness (QED) is 0.497. The van der Waals surface area contributed by atoms with Crippen molar-refractivity contribution >= 4 is 32.8 Å². The van der Waals surface area contributed by atoms with Crippen LogP contribution in [0, 0.1) is 0 Å². The average molecular weight is 457 g/mol. The average Bonchev–Trinajstić information content (AvgIpc) is 2.77. The van der Waals surface area contributed by atoms with Gasteiger partial charge in [0.15, 0.2) is 9.79 Å². The van der Waals surface area contributed by atoms with Crippen LogP contribution in [0.15, 0.2) is 87.5 Å². The van der Waals surface area contributed by atoms with E-state index in [-0.39, 0.29) is 16.1 Å². The van der Waals surface area contributed by atoms with Crippen molar-refractivity contribution in [3.05, 3.63) is 83.9 Å². The molecule has 0 aliphatic rings. The molecular weight excluding hydrogens is 432 g/mol. The van der Waals surface area contributed by atoms with Gasteiger partial charge in [0.25, 0.3) is 5.91 Å². The summed E-state index contributed by atoms with van der Waals surface area (Å²) < 4.78 is 36.7. The van der Waals surface area contributed by atoms with Crippen LogP contribution in [-0.4, -0.2) is 18.9 Å². The molecule has 31 heavy (non-hydrogen) atoms. The van der Waals surface area contributed by atoms with Gasteiger partial charge in [0.2, 0.25) is 10.0 Å². The largest absolute Gasteiger partial charge is 0.606 e. The maximum atomic E-state index is 13.4. The maximum Gasteiger partial charge on any atom is 0.260 e. The Morgan fingerprint density at radius 1 is 1.03 bits per heavy atom.